The maximum absolute atomic E-state index is 12.3. The summed E-state index contributed by atoms with van der Waals surface area (Å²) in [4.78, 5) is 12.3. The molecule has 1 spiro atoms. The number of hydrogen-bond donors (Lipinski definition) is 0. The van der Waals surface area contributed by atoms with Crippen molar-refractivity contribution < 1.29 is 19.0 Å². The molecule has 1 saturated carbocycles. The van der Waals surface area contributed by atoms with Crippen LogP contribution in [0.25, 0.3) is 0 Å². The molecule has 2 aliphatic heterocycles. The summed E-state index contributed by atoms with van der Waals surface area (Å²) in [6.45, 7) is 1.35. The predicted molar refractivity (Wildman–Crippen MR) is 72.5 cm³/mol. The molecule has 1 aliphatic carbocycles. The molecule has 2 fully saturated rings. The lowest BCUT2D eigenvalue weighted by Crippen LogP contribution is -2.39. The molecule has 1 aromatic carbocycles. The molecule has 106 valence electrons. The average Bonchev–Trinajstić information content (AvgIpc) is 3.17. The number of epoxide rings is 1. The van der Waals surface area contributed by atoms with Crippen LogP contribution >= 0.6 is 0 Å². The molecule has 0 amide bonds. The van der Waals surface area contributed by atoms with E-state index >= 15 is 0 Å². The van der Waals surface area contributed by atoms with E-state index in [0.29, 0.717) is 24.3 Å². The van der Waals surface area contributed by atoms with Gasteiger partial charge in [-0.2, -0.15) is 0 Å². The molecule has 20 heavy (non-hydrogen) atoms. The van der Waals surface area contributed by atoms with E-state index in [1.807, 2.05) is 18.2 Å². The second kappa shape index (κ2) is 4.48. The first-order valence-corrected chi connectivity index (χ1v) is 7.35. The molecule has 3 aliphatic rings. The maximum Gasteiger partial charge on any atom is 0.170 e. The van der Waals surface area contributed by atoms with Crippen LogP contribution in [0.2, 0.25) is 0 Å². The van der Waals surface area contributed by atoms with Gasteiger partial charge in [-0.15, -0.1) is 0 Å². The first-order valence-electron chi connectivity index (χ1n) is 7.35. The van der Waals surface area contributed by atoms with Gasteiger partial charge in [0.05, 0.1) is 18.6 Å². The van der Waals surface area contributed by atoms with E-state index in [1.54, 1.807) is 0 Å². The Balaban J connectivity index is 1.58. The number of carbonyl (C=O) groups excluding carboxylic acids is 1. The molecule has 0 radical (unpaired) electrons. The van der Waals surface area contributed by atoms with E-state index in [2.05, 4.69) is 0 Å². The van der Waals surface area contributed by atoms with Gasteiger partial charge >= 0.3 is 0 Å². The number of benzene rings is 1. The number of Topliss-reactive ketones (excluding diaryl/α,β-unsaturated/α-hetero) is 1. The molecule has 0 N–H and O–H groups in total. The molecular weight excluding hydrogens is 256 g/mol. The second-order valence-corrected chi connectivity index (χ2v) is 6.02. The minimum absolute atomic E-state index is 0.199. The number of carbonyl (C=O) groups is 1. The highest BCUT2D eigenvalue weighted by Gasteiger charge is 2.42. The van der Waals surface area contributed by atoms with Crippen molar-refractivity contribution in [3.05, 3.63) is 23.8 Å². The lowest BCUT2D eigenvalue weighted by Gasteiger charge is -2.34. The predicted octanol–water partition coefficient (Wildman–Crippen LogP) is 2.74. The fourth-order valence-corrected chi connectivity index (χ4v) is 3.22. The minimum Gasteiger partial charge on any atom is -0.491 e. The van der Waals surface area contributed by atoms with Crippen molar-refractivity contribution in [1.29, 1.82) is 0 Å². The Morgan fingerprint density at radius 3 is 2.85 bits per heavy atom. The zero-order chi connectivity index (χ0) is 13.6. The molecule has 4 heteroatoms. The highest BCUT2D eigenvalue weighted by molar-refractivity contribution is 6.00. The standard InChI is InChI=1S/C16H18O4/c17-14-8-16(5-1-2-6-16)20-15-7-11(3-4-13(14)15)18-9-12-10-19-12/h3-4,7,12H,1-2,5-6,8-10H2. The minimum atomic E-state index is -0.248. The van der Waals surface area contributed by atoms with E-state index < -0.39 is 0 Å². The van der Waals surface area contributed by atoms with Crippen LogP contribution in [-0.4, -0.2) is 30.7 Å². The van der Waals surface area contributed by atoms with Crippen molar-refractivity contribution in [3.8, 4) is 11.5 Å². The van der Waals surface area contributed by atoms with Crippen molar-refractivity contribution in [2.24, 2.45) is 0 Å². The third-order valence-electron chi connectivity index (χ3n) is 4.42. The Morgan fingerprint density at radius 1 is 1.30 bits per heavy atom. The summed E-state index contributed by atoms with van der Waals surface area (Å²) in [5.74, 6) is 1.64. The molecule has 2 heterocycles. The highest BCUT2D eigenvalue weighted by Crippen LogP contribution is 2.43. The van der Waals surface area contributed by atoms with Crippen molar-refractivity contribution in [3.63, 3.8) is 0 Å². The molecule has 1 unspecified atom stereocenters. The number of ether oxygens (including phenoxy) is 3. The molecule has 0 bridgehead atoms. The van der Waals surface area contributed by atoms with Gasteiger partial charge < -0.3 is 14.2 Å². The van der Waals surface area contributed by atoms with Crippen LogP contribution in [0.3, 0.4) is 0 Å². The van der Waals surface area contributed by atoms with Gasteiger partial charge in [-0.25, -0.2) is 0 Å². The quantitative estimate of drug-likeness (QED) is 0.795. The molecule has 4 rings (SSSR count). The van der Waals surface area contributed by atoms with Crippen LogP contribution in [0.1, 0.15) is 42.5 Å². The number of ketones is 1. The first-order chi connectivity index (χ1) is 9.74. The molecule has 1 aromatic rings. The third-order valence-corrected chi connectivity index (χ3v) is 4.42. The van der Waals surface area contributed by atoms with Gasteiger partial charge in [-0.3, -0.25) is 4.79 Å². The van der Waals surface area contributed by atoms with Crippen molar-refractivity contribution in [2.75, 3.05) is 13.2 Å². The van der Waals surface area contributed by atoms with Crippen LogP contribution in [-0.2, 0) is 4.74 Å². The lowest BCUT2D eigenvalue weighted by molar-refractivity contribution is 0.0448. The third kappa shape index (κ3) is 2.18. The van der Waals surface area contributed by atoms with Crippen LogP contribution in [0.4, 0.5) is 0 Å². The Bertz CT molecular complexity index is 541. The molecule has 1 atom stereocenters. The largest absolute Gasteiger partial charge is 0.491 e. The Morgan fingerprint density at radius 2 is 2.10 bits per heavy atom. The summed E-state index contributed by atoms with van der Waals surface area (Å²) in [6, 6.07) is 5.52. The monoisotopic (exact) mass is 274 g/mol. The van der Waals surface area contributed by atoms with Gasteiger partial charge in [-0.1, -0.05) is 0 Å². The summed E-state index contributed by atoms with van der Waals surface area (Å²) in [6.07, 6.45) is 5.03. The smallest absolute Gasteiger partial charge is 0.170 e. The normalized spacial score (nSPS) is 26.2. The fraction of sp³-hybridized carbons (Fsp3) is 0.562. The summed E-state index contributed by atoms with van der Waals surface area (Å²) in [7, 11) is 0. The Labute approximate surface area is 118 Å². The van der Waals surface area contributed by atoms with E-state index in [4.69, 9.17) is 14.2 Å². The van der Waals surface area contributed by atoms with Crippen LogP contribution in [0.15, 0.2) is 18.2 Å². The topological polar surface area (TPSA) is 48.1 Å². The number of hydrogen-bond acceptors (Lipinski definition) is 4. The zero-order valence-electron chi connectivity index (χ0n) is 11.4. The lowest BCUT2D eigenvalue weighted by atomic mass is 9.88. The summed E-state index contributed by atoms with van der Waals surface area (Å²) >= 11 is 0. The van der Waals surface area contributed by atoms with E-state index in [-0.39, 0.29) is 17.5 Å². The molecule has 1 saturated heterocycles. The number of fused-ring (bicyclic) bond motifs is 1. The van der Waals surface area contributed by atoms with Crippen molar-refractivity contribution in [2.45, 2.75) is 43.8 Å². The summed E-state index contributed by atoms with van der Waals surface area (Å²) in [5.41, 5.74) is 0.444. The Kier molecular flexibility index (Phi) is 2.74. The maximum atomic E-state index is 12.3. The van der Waals surface area contributed by atoms with Gasteiger partial charge in [0.25, 0.3) is 0 Å². The summed E-state index contributed by atoms with van der Waals surface area (Å²) in [5, 5.41) is 0. The van der Waals surface area contributed by atoms with Gasteiger partial charge in [0.15, 0.2) is 5.78 Å². The SMILES string of the molecule is O=C1CC2(CCCC2)Oc2cc(OCC3CO3)ccc21. The van der Waals surface area contributed by atoms with Crippen molar-refractivity contribution in [1.82, 2.24) is 0 Å². The zero-order valence-corrected chi connectivity index (χ0v) is 11.4. The molecule has 4 nitrogen and oxygen atoms in total. The van der Waals surface area contributed by atoms with Crippen LogP contribution < -0.4 is 9.47 Å². The van der Waals surface area contributed by atoms with Crippen LogP contribution in [0, 0.1) is 0 Å². The number of rotatable bonds is 3. The van der Waals surface area contributed by atoms with Crippen molar-refractivity contribution >= 4 is 5.78 Å². The molecular formula is C16H18O4. The van der Waals surface area contributed by atoms with E-state index in [1.165, 1.54) is 0 Å². The van der Waals surface area contributed by atoms with Crippen LogP contribution in [0.5, 0.6) is 11.5 Å². The van der Waals surface area contributed by atoms with Gasteiger partial charge in [0, 0.05) is 6.07 Å². The Hall–Kier alpha value is -1.55. The molecule has 0 aromatic heterocycles. The van der Waals surface area contributed by atoms with E-state index in [0.717, 1.165) is 38.0 Å². The average molecular weight is 274 g/mol. The van der Waals surface area contributed by atoms with Gasteiger partial charge in [0.1, 0.15) is 29.8 Å². The van der Waals surface area contributed by atoms with E-state index in [9.17, 15) is 4.79 Å². The first kappa shape index (κ1) is 12.2. The van der Waals surface area contributed by atoms with Gasteiger partial charge in [-0.05, 0) is 37.8 Å². The second-order valence-electron chi connectivity index (χ2n) is 6.02. The summed E-state index contributed by atoms with van der Waals surface area (Å²) < 4.78 is 17.0. The highest BCUT2D eigenvalue weighted by atomic mass is 16.6. The van der Waals surface area contributed by atoms with Gasteiger partial charge in [0.2, 0.25) is 0 Å². The fourth-order valence-electron chi connectivity index (χ4n) is 3.22.